The molecule has 3 nitrogen and oxygen atoms in total. The molecule has 0 spiro atoms. The van der Waals surface area contributed by atoms with Gasteiger partial charge in [-0.25, -0.2) is 0 Å². The van der Waals surface area contributed by atoms with E-state index in [0.29, 0.717) is 17.9 Å². The lowest BCUT2D eigenvalue weighted by Crippen LogP contribution is -2.59. The van der Waals surface area contributed by atoms with Crippen LogP contribution in [0, 0.1) is 11.8 Å². The van der Waals surface area contributed by atoms with Crippen LogP contribution in [0.4, 0.5) is 0 Å². The van der Waals surface area contributed by atoms with E-state index >= 15 is 0 Å². The minimum atomic E-state index is -0.604. The van der Waals surface area contributed by atoms with Crippen LogP contribution in [0.5, 0.6) is 0 Å². The van der Waals surface area contributed by atoms with Gasteiger partial charge in [-0.15, -0.1) is 0 Å². The Morgan fingerprint density at radius 2 is 2.00 bits per heavy atom. The average molecular weight is 266 g/mol. The molecule has 2 fully saturated rings. The van der Waals surface area contributed by atoms with Gasteiger partial charge in [-0.05, 0) is 37.5 Å². The standard InChI is InChI=1S/C16H30N2O/c1-3-13-8-4-5-9-14(13)18-15(19)16(17)10-6-7-12(2)11-16/h12-14H,3-11,17H2,1-2H3,(H,18,19). The van der Waals surface area contributed by atoms with Gasteiger partial charge >= 0.3 is 0 Å². The molecule has 0 aromatic rings. The molecule has 0 radical (unpaired) electrons. The Morgan fingerprint density at radius 3 is 2.68 bits per heavy atom. The van der Waals surface area contributed by atoms with Gasteiger partial charge in [0.15, 0.2) is 0 Å². The first-order valence-electron chi connectivity index (χ1n) is 8.15. The third kappa shape index (κ3) is 3.50. The Labute approximate surface area is 117 Å². The van der Waals surface area contributed by atoms with Gasteiger partial charge in [0.1, 0.15) is 0 Å². The molecule has 0 bridgehead atoms. The third-order valence-corrected chi connectivity index (χ3v) is 5.23. The largest absolute Gasteiger partial charge is 0.351 e. The van der Waals surface area contributed by atoms with Gasteiger partial charge in [-0.1, -0.05) is 46.0 Å². The van der Waals surface area contributed by atoms with Gasteiger partial charge < -0.3 is 11.1 Å². The molecule has 2 aliphatic rings. The van der Waals surface area contributed by atoms with Crippen LogP contribution in [0.3, 0.4) is 0 Å². The van der Waals surface area contributed by atoms with Crippen molar-refractivity contribution < 1.29 is 4.79 Å². The number of nitrogens with one attached hydrogen (secondary N) is 1. The first-order chi connectivity index (χ1) is 9.05. The monoisotopic (exact) mass is 266 g/mol. The van der Waals surface area contributed by atoms with Gasteiger partial charge in [0.25, 0.3) is 0 Å². The molecule has 2 aliphatic carbocycles. The maximum absolute atomic E-state index is 12.6. The summed E-state index contributed by atoms with van der Waals surface area (Å²) in [4.78, 5) is 12.6. The van der Waals surface area contributed by atoms with Crippen molar-refractivity contribution in [2.75, 3.05) is 0 Å². The summed E-state index contributed by atoms with van der Waals surface area (Å²) < 4.78 is 0. The van der Waals surface area contributed by atoms with Crippen LogP contribution in [0.2, 0.25) is 0 Å². The maximum atomic E-state index is 12.6. The summed E-state index contributed by atoms with van der Waals surface area (Å²) in [6.45, 7) is 4.44. The number of rotatable bonds is 3. The summed E-state index contributed by atoms with van der Waals surface area (Å²) in [5.74, 6) is 1.35. The quantitative estimate of drug-likeness (QED) is 0.825. The predicted octanol–water partition coefficient (Wildman–Crippen LogP) is 2.98. The molecule has 19 heavy (non-hydrogen) atoms. The molecule has 0 aromatic heterocycles. The summed E-state index contributed by atoms with van der Waals surface area (Å²) in [6, 6.07) is 0.365. The minimum Gasteiger partial charge on any atom is -0.351 e. The van der Waals surface area contributed by atoms with E-state index in [0.717, 1.165) is 25.7 Å². The second-order valence-electron chi connectivity index (χ2n) is 6.89. The Bertz CT molecular complexity index is 318. The smallest absolute Gasteiger partial charge is 0.240 e. The van der Waals surface area contributed by atoms with Crippen molar-refractivity contribution in [1.29, 1.82) is 0 Å². The summed E-state index contributed by atoms with van der Waals surface area (Å²) in [5.41, 5.74) is 5.78. The van der Waals surface area contributed by atoms with Crippen molar-refractivity contribution >= 4 is 5.91 Å². The highest BCUT2D eigenvalue weighted by molar-refractivity contribution is 5.86. The highest BCUT2D eigenvalue weighted by atomic mass is 16.2. The summed E-state index contributed by atoms with van der Waals surface area (Å²) >= 11 is 0. The first-order valence-corrected chi connectivity index (χ1v) is 8.15. The van der Waals surface area contributed by atoms with E-state index in [9.17, 15) is 4.79 Å². The molecule has 110 valence electrons. The number of carbonyl (C=O) groups excluding carboxylic acids is 1. The van der Waals surface area contributed by atoms with Crippen LogP contribution in [0.15, 0.2) is 0 Å². The molecule has 0 heterocycles. The molecule has 0 aliphatic heterocycles. The van der Waals surface area contributed by atoms with Crippen LogP contribution in [-0.2, 0) is 4.79 Å². The normalized spacial score (nSPS) is 39.8. The number of hydrogen-bond acceptors (Lipinski definition) is 2. The first kappa shape index (κ1) is 14.8. The van der Waals surface area contributed by atoms with Crippen molar-refractivity contribution in [1.82, 2.24) is 5.32 Å². The lowest BCUT2D eigenvalue weighted by atomic mass is 9.75. The number of carbonyl (C=O) groups is 1. The molecule has 2 rings (SSSR count). The third-order valence-electron chi connectivity index (χ3n) is 5.23. The summed E-state index contributed by atoms with van der Waals surface area (Å²) in [6.07, 6.45) is 10.1. The molecular formula is C16H30N2O. The maximum Gasteiger partial charge on any atom is 0.240 e. The van der Waals surface area contributed by atoms with Crippen molar-refractivity contribution in [3.8, 4) is 0 Å². The van der Waals surface area contributed by atoms with Gasteiger partial charge in [0, 0.05) is 6.04 Å². The summed E-state index contributed by atoms with van der Waals surface area (Å²) in [5, 5.41) is 3.29. The van der Waals surface area contributed by atoms with E-state index in [1.807, 2.05) is 0 Å². The van der Waals surface area contributed by atoms with Gasteiger partial charge in [-0.2, -0.15) is 0 Å². The average Bonchev–Trinajstić information content (AvgIpc) is 2.39. The fourth-order valence-corrected chi connectivity index (χ4v) is 4.00. The molecule has 2 saturated carbocycles. The zero-order chi connectivity index (χ0) is 13.9. The molecule has 3 N–H and O–H groups in total. The van der Waals surface area contributed by atoms with Crippen LogP contribution in [0.25, 0.3) is 0 Å². The van der Waals surface area contributed by atoms with E-state index in [2.05, 4.69) is 19.2 Å². The Balaban J connectivity index is 1.95. The minimum absolute atomic E-state index is 0.115. The zero-order valence-corrected chi connectivity index (χ0v) is 12.6. The molecule has 1 amide bonds. The Kier molecular flexibility index (Phi) is 4.88. The van der Waals surface area contributed by atoms with Gasteiger partial charge in [0.05, 0.1) is 5.54 Å². The second kappa shape index (κ2) is 6.25. The molecule has 3 heteroatoms. The molecular weight excluding hydrogens is 236 g/mol. The van der Waals surface area contributed by atoms with Crippen molar-refractivity contribution in [2.45, 2.75) is 83.2 Å². The van der Waals surface area contributed by atoms with Crippen molar-refractivity contribution in [3.63, 3.8) is 0 Å². The van der Waals surface area contributed by atoms with E-state index in [-0.39, 0.29) is 5.91 Å². The van der Waals surface area contributed by atoms with Gasteiger partial charge in [0.2, 0.25) is 5.91 Å². The fourth-order valence-electron chi connectivity index (χ4n) is 4.00. The predicted molar refractivity (Wildman–Crippen MR) is 78.7 cm³/mol. The van der Waals surface area contributed by atoms with Crippen LogP contribution in [-0.4, -0.2) is 17.5 Å². The number of nitrogens with two attached hydrogens (primary N) is 1. The zero-order valence-electron chi connectivity index (χ0n) is 12.6. The van der Waals surface area contributed by atoms with E-state index < -0.39 is 5.54 Å². The highest BCUT2D eigenvalue weighted by Gasteiger charge is 2.39. The molecule has 4 atom stereocenters. The van der Waals surface area contributed by atoms with Crippen molar-refractivity contribution in [3.05, 3.63) is 0 Å². The lowest BCUT2D eigenvalue weighted by Gasteiger charge is -2.39. The number of amides is 1. The second-order valence-corrected chi connectivity index (χ2v) is 6.89. The van der Waals surface area contributed by atoms with E-state index in [1.165, 1.54) is 32.1 Å². The van der Waals surface area contributed by atoms with Crippen molar-refractivity contribution in [2.24, 2.45) is 17.6 Å². The van der Waals surface area contributed by atoms with Crippen LogP contribution >= 0.6 is 0 Å². The molecule has 4 unspecified atom stereocenters. The fraction of sp³-hybridized carbons (Fsp3) is 0.938. The van der Waals surface area contributed by atoms with Gasteiger partial charge in [-0.3, -0.25) is 4.79 Å². The van der Waals surface area contributed by atoms with E-state index in [1.54, 1.807) is 0 Å². The molecule has 0 aromatic carbocycles. The Hall–Kier alpha value is -0.570. The topological polar surface area (TPSA) is 55.1 Å². The number of hydrogen-bond donors (Lipinski definition) is 2. The summed E-state index contributed by atoms with van der Waals surface area (Å²) in [7, 11) is 0. The SMILES string of the molecule is CCC1CCCCC1NC(=O)C1(N)CCCC(C)C1. The van der Waals surface area contributed by atoms with Crippen LogP contribution < -0.4 is 11.1 Å². The van der Waals surface area contributed by atoms with Crippen LogP contribution in [0.1, 0.15) is 71.6 Å². The van der Waals surface area contributed by atoms with E-state index in [4.69, 9.17) is 5.73 Å². The Morgan fingerprint density at radius 1 is 1.26 bits per heavy atom. The molecule has 0 saturated heterocycles. The highest BCUT2D eigenvalue weighted by Crippen LogP contribution is 2.32. The lowest BCUT2D eigenvalue weighted by molar-refractivity contribution is -0.129.